The first-order valence-corrected chi connectivity index (χ1v) is 7.24. The van der Waals surface area contributed by atoms with Gasteiger partial charge in [0.15, 0.2) is 7.37 Å². The maximum atomic E-state index is 11.0. The Bertz CT molecular complexity index is 298. The van der Waals surface area contributed by atoms with Crippen molar-refractivity contribution >= 4 is 13.3 Å². The highest BCUT2D eigenvalue weighted by Gasteiger charge is 2.38. The van der Waals surface area contributed by atoms with Crippen molar-refractivity contribution in [3.05, 3.63) is 0 Å². The zero-order valence-corrected chi connectivity index (χ0v) is 10.3. The van der Waals surface area contributed by atoms with Gasteiger partial charge in [0.2, 0.25) is 0 Å². The maximum absolute atomic E-state index is 11.0. The molecule has 0 radical (unpaired) electrons. The van der Waals surface area contributed by atoms with Crippen LogP contribution in [0.15, 0.2) is 0 Å². The average molecular weight is 277 g/mol. The van der Waals surface area contributed by atoms with Crippen molar-refractivity contribution in [2.45, 2.75) is 6.18 Å². The van der Waals surface area contributed by atoms with Crippen LogP contribution in [0.2, 0.25) is 0 Å². The molecule has 0 saturated carbocycles. The molecule has 17 heavy (non-hydrogen) atoms. The average Bonchev–Trinajstić information content (AvgIpc) is 1.97. The summed E-state index contributed by atoms with van der Waals surface area (Å²) in [5.41, 5.74) is 0. The highest BCUT2D eigenvalue weighted by Crippen LogP contribution is 2.37. The minimum Gasteiger partial charge on any atom is -0.475 e. The zero-order valence-electron chi connectivity index (χ0n) is 9.45. The summed E-state index contributed by atoms with van der Waals surface area (Å²) < 4.78 is 47.9. The molecule has 0 aromatic rings. The maximum Gasteiger partial charge on any atom is 0.490 e. The Morgan fingerprint density at radius 2 is 1.88 bits per heavy atom. The summed E-state index contributed by atoms with van der Waals surface area (Å²) in [5, 5.41) is 10.3. The highest BCUT2D eigenvalue weighted by atomic mass is 31.2. The van der Waals surface area contributed by atoms with E-state index in [1.807, 2.05) is 0 Å². The Labute approximate surface area is 96.8 Å². The first kappa shape index (κ1) is 16.4. The molecule has 0 bridgehead atoms. The second-order valence-electron chi connectivity index (χ2n) is 3.87. The highest BCUT2D eigenvalue weighted by molar-refractivity contribution is 7.57. The molecule has 5 nitrogen and oxygen atoms in total. The molecule has 1 fully saturated rings. The van der Waals surface area contributed by atoms with Gasteiger partial charge in [0.25, 0.3) is 0 Å². The largest absolute Gasteiger partial charge is 0.490 e. The number of halogens is 3. The van der Waals surface area contributed by atoms with Crippen molar-refractivity contribution in [3.8, 4) is 0 Å². The molecule has 0 atom stereocenters. The minimum atomic E-state index is -5.08. The number of aliphatic carboxylic acids is 1. The van der Waals surface area contributed by atoms with Gasteiger partial charge in [0.1, 0.15) is 0 Å². The number of hydrogen-bond acceptors (Lipinski definition) is 4. The fourth-order valence-electron chi connectivity index (χ4n) is 0.751. The van der Waals surface area contributed by atoms with Crippen LogP contribution in [-0.4, -0.2) is 50.3 Å². The van der Waals surface area contributed by atoms with Gasteiger partial charge in [-0.3, -0.25) is 4.57 Å². The Hall–Kier alpha value is -0.590. The van der Waals surface area contributed by atoms with Crippen LogP contribution in [0.5, 0.6) is 0 Å². The topological polar surface area (TPSA) is 75.6 Å². The van der Waals surface area contributed by atoms with Gasteiger partial charge in [-0.15, -0.1) is 0 Å². The van der Waals surface area contributed by atoms with Crippen molar-refractivity contribution in [2.75, 3.05) is 33.0 Å². The second kappa shape index (κ2) is 6.37. The molecule has 0 aliphatic carbocycles. The molecule has 1 saturated heterocycles. The number of alkyl halides is 3. The van der Waals surface area contributed by atoms with Crippen LogP contribution < -0.4 is 5.32 Å². The number of carbonyl (C=O) groups is 1. The van der Waals surface area contributed by atoms with Crippen LogP contribution in [0.25, 0.3) is 0 Å². The van der Waals surface area contributed by atoms with Gasteiger partial charge < -0.3 is 14.9 Å². The summed E-state index contributed by atoms with van der Waals surface area (Å²) in [6, 6.07) is 0. The van der Waals surface area contributed by atoms with Gasteiger partial charge in [-0.25, -0.2) is 4.79 Å². The van der Waals surface area contributed by atoms with E-state index in [9.17, 15) is 17.7 Å². The van der Waals surface area contributed by atoms with Crippen molar-refractivity contribution in [1.82, 2.24) is 5.32 Å². The van der Waals surface area contributed by atoms with Gasteiger partial charge in [-0.2, -0.15) is 13.2 Å². The van der Waals surface area contributed by atoms with E-state index in [0.717, 1.165) is 13.1 Å². The number of carboxylic acid groups (broad SMARTS) is 1. The van der Waals surface area contributed by atoms with E-state index in [1.54, 1.807) is 13.3 Å². The van der Waals surface area contributed by atoms with E-state index >= 15 is 0 Å². The Morgan fingerprint density at radius 1 is 1.47 bits per heavy atom. The van der Waals surface area contributed by atoms with Crippen molar-refractivity contribution in [2.24, 2.45) is 5.92 Å². The summed E-state index contributed by atoms with van der Waals surface area (Å²) in [6.45, 7) is 5.98. The van der Waals surface area contributed by atoms with Crippen LogP contribution in [0.1, 0.15) is 0 Å². The predicted molar refractivity (Wildman–Crippen MR) is 55.5 cm³/mol. The number of carboxylic acids is 1. The van der Waals surface area contributed by atoms with E-state index in [0.29, 0.717) is 12.5 Å². The van der Waals surface area contributed by atoms with Crippen molar-refractivity contribution in [3.63, 3.8) is 0 Å². The molecule has 0 unspecified atom stereocenters. The zero-order chi connectivity index (χ0) is 13.7. The lowest BCUT2D eigenvalue weighted by atomic mass is 10.1. The lowest BCUT2D eigenvalue weighted by Gasteiger charge is -2.27. The molecule has 1 rings (SSSR count). The molecule has 0 aromatic carbocycles. The predicted octanol–water partition coefficient (Wildman–Crippen LogP) is 1.39. The van der Waals surface area contributed by atoms with Crippen LogP contribution in [0.3, 0.4) is 0 Å². The molecule has 0 spiro atoms. The smallest absolute Gasteiger partial charge is 0.475 e. The molecule has 0 aromatic heterocycles. The van der Waals surface area contributed by atoms with E-state index < -0.39 is 19.5 Å². The second-order valence-corrected chi connectivity index (χ2v) is 6.64. The first-order chi connectivity index (χ1) is 7.52. The molecular weight excluding hydrogens is 262 g/mol. The molecular formula is C8H15F3NO4P. The third-order valence-electron chi connectivity index (χ3n) is 1.73. The standard InChI is InChI=1S/C6H14NO2P.C2HF3O2/c1-10(2,8)9-5-6-3-7-4-6;3-2(4,5)1(6)7/h6-7H,3-5H2,1-2H3;(H,6,7). The van der Waals surface area contributed by atoms with E-state index in [4.69, 9.17) is 14.4 Å². The van der Waals surface area contributed by atoms with Crippen LogP contribution in [0.4, 0.5) is 13.2 Å². The summed E-state index contributed by atoms with van der Waals surface area (Å²) >= 11 is 0. The molecule has 1 heterocycles. The third kappa shape index (κ3) is 9.14. The Morgan fingerprint density at radius 3 is 2.06 bits per heavy atom. The molecule has 1 aliphatic heterocycles. The minimum absolute atomic E-state index is 0.591. The Kier molecular flexibility index (Phi) is 6.15. The molecule has 9 heteroatoms. The van der Waals surface area contributed by atoms with Crippen molar-refractivity contribution < 1.29 is 32.2 Å². The summed E-state index contributed by atoms with van der Waals surface area (Å²) in [7, 11) is -2.23. The van der Waals surface area contributed by atoms with Crippen molar-refractivity contribution in [1.29, 1.82) is 0 Å². The molecule has 102 valence electrons. The lowest BCUT2D eigenvalue weighted by Crippen LogP contribution is -2.44. The van der Waals surface area contributed by atoms with Crippen LogP contribution in [-0.2, 0) is 13.9 Å². The normalized spacial score (nSPS) is 16.8. The van der Waals surface area contributed by atoms with Gasteiger partial charge in [0, 0.05) is 32.3 Å². The van der Waals surface area contributed by atoms with E-state index in [2.05, 4.69) is 5.32 Å². The first-order valence-electron chi connectivity index (χ1n) is 4.72. The van der Waals surface area contributed by atoms with Crippen LogP contribution in [0, 0.1) is 5.92 Å². The molecule has 1 aliphatic rings. The van der Waals surface area contributed by atoms with Gasteiger partial charge in [-0.1, -0.05) is 0 Å². The summed E-state index contributed by atoms with van der Waals surface area (Å²) in [6.07, 6.45) is -5.08. The quantitative estimate of drug-likeness (QED) is 0.762. The lowest BCUT2D eigenvalue weighted by molar-refractivity contribution is -0.192. The fraction of sp³-hybridized carbons (Fsp3) is 0.875. The van der Waals surface area contributed by atoms with Gasteiger partial charge in [-0.05, 0) is 0 Å². The Balaban J connectivity index is 0.000000325. The monoisotopic (exact) mass is 277 g/mol. The summed E-state index contributed by atoms with van der Waals surface area (Å²) in [5.74, 6) is -2.17. The third-order valence-corrected chi connectivity index (χ3v) is 2.50. The van der Waals surface area contributed by atoms with E-state index in [1.165, 1.54) is 0 Å². The molecule has 0 amide bonds. The van der Waals surface area contributed by atoms with Gasteiger partial charge >= 0.3 is 12.1 Å². The number of rotatable bonds is 3. The van der Waals surface area contributed by atoms with Gasteiger partial charge in [0.05, 0.1) is 6.61 Å². The fourth-order valence-corrected chi connectivity index (χ4v) is 1.32. The number of hydrogen-bond donors (Lipinski definition) is 2. The van der Waals surface area contributed by atoms with E-state index in [-0.39, 0.29) is 0 Å². The number of nitrogens with one attached hydrogen (secondary N) is 1. The summed E-state index contributed by atoms with van der Waals surface area (Å²) in [4.78, 5) is 8.90. The van der Waals surface area contributed by atoms with Crippen LogP contribution >= 0.6 is 7.37 Å². The molecule has 2 N–H and O–H groups in total. The SMILES string of the molecule is CP(C)(=O)OCC1CNC1.O=C(O)C(F)(F)F.